The van der Waals surface area contributed by atoms with Crippen molar-refractivity contribution in [1.29, 1.82) is 0 Å². The van der Waals surface area contributed by atoms with Crippen molar-refractivity contribution in [2.45, 2.75) is 32.4 Å². The molecule has 0 aliphatic carbocycles. The van der Waals surface area contributed by atoms with Gasteiger partial charge in [-0.2, -0.15) is 0 Å². The molecule has 4 nitrogen and oxygen atoms in total. The van der Waals surface area contributed by atoms with Gasteiger partial charge in [0.05, 0.1) is 0 Å². The van der Waals surface area contributed by atoms with Crippen molar-refractivity contribution in [3.05, 3.63) is 16.6 Å². The zero-order valence-corrected chi connectivity index (χ0v) is 12.5. The number of carbonyl (C=O) groups is 1. The third kappa shape index (κ3) is 4.59. The molecule has 0 amide bonds. The Morgan fingerprint density at radius 1 is 1.56 bits per heavy atom. The van der Waals surface area contributed by atoms with Gasteiger partial charge in [0, 0.05) is 20.9 Å². The fourth-order valence-electron chi connectivity index (χ4n) is 1.10. The highest BCUT2D eigenvalue weighted by molar-refractivity contribution is 9.10. The monoisotopic (exact) mass is 304 g/mol. The first kappa shape index (κ1) is 13.6. The Hall–Kier alpha value is -0.463. The van der Waals surface area contributed by atoms with E-state index in [2.05, 4.69) is 40.6 Å². The Balaban J connectivity index is 2.37. The first-order chi connectivity index (χ1) is 7.42. The lowest BCUT2D eigenvalue weighted by molar-refractivity contribution is 0.0855. The highest BCUT2D eigenvalue weighted by Gasteiger charge is 2.12. The van der Waals surface area contributed by atoms with Gasteiger partial charge in [0.2, 0.25) is 0 Å². The maximum Gasteiger partial charge on any atom is 0.179 e. The number of rotatable bonds is 6. The minimum absolute atomic E-state index is 0.417. The van der Waals surface area contributed by atoms with Crippen LogP contribution in [-0.4, -0.2) is 30.5 Å². The van der Waals surface area contributed by atoms with E-state index in [1.807, 2.05) is 0 Å². The molecular weight excluding hydrogens is 288 g/mol. The van der Waals surface area contributed by atoms with Gasteiger partial charge in [-0.15, -0.1) is 0 Å². The molecule has 0 N–H and O–H groups in total. The van der Waals surface area contributed by atoms with Crippen molar-refractivity contribution in [3.63, 3.8) is 0 Å². The molecule has 1 rings (SSSR count). The van der Waals surface area contributed by atoms with E-state index in [0.717, 1.165) is 18.9 Å². The van der Waals surface area contributed by atoms with Gasteiger partial charge in [-0.05, 0) is 22.0 Å². The van der Waals surface area contributed by atoms with Gasteiger partial charge in [-0.25, -0.2) is 4.98 Å². The van der Waals surface area contributed by atoms with Gasteiger partial charge in [0.25, 0.3) is 0 Å². The molecule has 0 saturated carbocycles. The second kappa shape index (κ2) is 5.74. The van der Waals surface area contributed by atoms with Gasteiger partial charge in [0.15, 0.2) is 11.0 Å². The molecule has 0 bridgehead atoms. The molecule has 0 aromatic carbocycles. The molecule has 0 aliphatic rings. The number of nitrogens with zero attached hydrogens (tertiary/aromatic N) is 2. The lowest BCUT2D eigenvalue weighted by Gasteiger charge is -2.15. The van der Waals surface area contributed by atoms with E-state index in [1.54, 1.807) is 10.8 Å². The first-order valence-electron chi connectivity index (χ1n) is 5.18. The van der Waals surface area contributed by atoms with Gasteiger partial charge in [0.1, 0.15) is 12.4 Å². The third-order valence-corrected chi connectivity index (χ3v) is 4.43. The molecule has 0 atom stereocenters. The van der Waals surface area contributed by atoms with Crippen LogP contribution in [0.1, 0.15) is 10.5 Å². The van der Waals surface area contributed by atoms with Gasteiger partial charge in [-0.1, -0.05) is 19.6 Å². The molecule has 90 valence electrons. The second-order valence-electron chi connectivity index (χ2n) is 4.87. The van der Waals surface area contributed by atoms with Crippen LogP contribution >= 0.6 is 15.9 Å². The van der Waals surface area contributed by atoms with E-state index in [4.69, 9.17) is 4.74 Å². The van der Waals surface area contributed by atoms with E-state index in [9.17, 15) is 4.79 Å². The zero-order chi connectivity index (χ0) is 12.2. The van der Waals surface area contributed by atoms with Crippen LogP contribution in [-0.2, 0) is 11.5 Å². The molecule has 16 heavy (non-hydrogen) atoms. The fourth-order valence-corrected chi connectivity index (χ4v) is 2.27. The van der Waals surface area contributed by atoms with E-state index >= 15 is 0 Å². The number of hydrogen-bond acceptors (Lipinski definition) is 3. The average Bonchev–Trinajstić information content (AvgIpc) is 2.53. The molecule has 0 unspecified atom stereocenters. The summed E-state index contributed by atoms with van der Waals surface area (Å²) in [6.07, 6.45) is 2.40. The molecule has 1 aromatic rings. The Labute approximate surface area is 105 Å². The molecule has 0 saturated heterocycles. The van der Waals surface area contributed by atoms with Gasteiger partial charge < -0.3 is 9.30 Å². The summed E-state index contributed by atoms with van der Waals surface area (Å²) in [6.45, 7) is 8.14. The van der Waals surface area contributed by atoms with Crippen molar-refractivity contribution in [1.82, 2.24) is 9.55 Å². The van der Waals surface area contributed by atoms with Crippen molar-refractivity contribution >= 4 is 30.3 Å². The normalized spacial score (nSPS) is 11.8. The highest BCUT2D eigenvalue weighted by atomic mass is 79.9. The van der Waals surface area contributed by atoms with E-state index < -0.39 is 8.07 Å². The fraction of sp³-hybridized carbons (Fsp3) is 0.600. The molecule has 0 radical (unpaired) electrons. The summed E-state index contributed by atoms with van der Waals surface area (Å²) < 4.78 is 7.95. The number of aromatic nitrogens is 2. The maximum absolute atomic E-state index is 10.5. The third-order valence-electron chi connectivity index (χ3n) is 2.09. The summed E-state index contributed by atoms with van der Waals surface area (Å²) >= 11 is 3.27. The standard InChI is InChI=1S/C10H17BrN2O2Si/c1-16(2,3)5-4-15-8-13-6-9(7-14)12-10(13)11/h6-7H,4-5,8H2,1-3H3. The number of aldehydes is 1. The lowest BCUT2D eigenvalue weighted by Crippen LogP contribution is -2.22. The zero-order valence-electron chi connectivity index (χ0n) is 9.86. The SMILES string of the molecule is C[Si](C)(C)CCOCn1cc(C=O)nc1Br. The van der Waals surface area contributed by atoms with Crippen molar-refractivity contribution in [2.75, 3.05) is 6.61 Å². The van der Waals surface area contributed by atoms with E-state index in [0.29, 0.717) is 17.2 Å². The topological polar surface area (TPSA) is 44.1 Å². The van der Waals surface area contributed by atoms with E-state index in [-0.39, 0.29) is 0 Å². The second-order valence-corrected chi connectivity index (χ2v) is 11.2. The number of carbonyl (C=O) groups excluding carboxylic acids is 1. The van der Waals surface area contributed by atoms with Crippen LogP contribution in [0.3, 0.4) is 0 Å². The highest BCUT2D eigenvalue weighted by Crippen LogP contribution is 2.11. The predicted octanol–water partition coefficient (Wildman–Crippen LogP) is 2.77. The number of halogens is 1. The Kier molecular flexibility index (Phi) is 4.88. The molecule has 0 spiro atoms. The van der Waals surface area contributed by atoms with Gasteiger partial charge >= 0.3 is 0 Å². The summed E-state index contributed by atoms with van der Waals surface area (Å²) in [6, 6.07) is 1.14. The summed E-state index contributed by atoms with van der Waals surface area (Å²) in [5, 5.41) is 0. The Morgan fingerprint density at radius 2 is 2.25 bits per heavy atom. The van der Waals surface area contributed by atoms with Crippen molar-refractivity contribution < 1.29 is 9.53 Å². The van der Waals surface area contributed by atoms with Crippen LogP contribution < -0.4 is 0 Å². The average molecular weight is 305 g/mol. The quantitative estimate of drug-likeness (QED) is 0.461. The molecule has 0 fully saturated rings. The number of hydrogen-bond donors (Lipinski definition) is 0. The number of imidazole rings is 1. The largest absolute Gasteiger partial charge is 0.361 e. The predicted molar refractivity (Wildman–Crippen MR) is 69.4 cm³/mol. The van der Waals surface area contributed by atoms with Crippen LogP contribution in [0.25, 0.3) is 0 Å². The minimum atomic E-state index is -1.03. The Bertz CT molecular complexity index is 360. The molecule has 0 aliphatic heterocycles. The van der Waals surface area contributed by atoms with Crippen molar-refractivity contribution in [2.24, 2.45) is 0 Å². The Morgan fingerprint density at radius 3 is 2.75 bits per heavy atom. The molecule has 6 heteroatoms. The maximum atomic E-state index is 10.5. The summed E-state index contributed by atoms with van der Waals surface area (Å²) in [4.78, 5) is 14.5. The molecular formula is C10H17BrN2O2Si. The van der Waals surface area contributed by atoms with E-state index in [1.165, 1.54) is 0 Å². The first-order valence-corrected chi connectivity index (χ1v) is 9.68. The molecule has 1 aromatic heterocycles. The molecule has 1 heterocycles. The van der Waals surface area contributed by atoms with Crippen LogP contribution in [0.4, 0.5) is 0 Å². The minimum Gasteiger partial charge on any atom is -0.361 e. The van der Waals surface area contributed by atoms with Crippen LogP contribution in [0.15, 0.2) is 10.9 Å². The lowest BCUT2D eigenvalue weighted by atomic mass is 10.5. The van der Waals surface area contributed by atoms with Gasteiger partial charge in [-0.3, -0.25) is 4.79 Å². The van der Waals surface area contributed by atoms with Crippen LogP contribution in [0, 0.1) is 0 Å². The van der Waals surface area contributed by atoms with Crippen LogP contribution in [0.5, 0.6) is 0 Å². The summed E-state index contributed by atoms with van der Waals surface area (Å²) in [7, 11) is -1.03. The number of ether oxygens (including phenoxy) is 1. The smallest absolute Gasteiger partial charge is 0.179 e. The van der Waals surface area contributed by atoms with Crippen molar-refractivity contribution in [3.8, 4) is 0 Å². The van der Waals surface area contributed by atoms with Crippen LogP contribution in [0.2, 0.25) is 25.7 Å². The summed E-state index contributed by atoms with van der Waals surface area (Å²) in [5.74, 6) is 0. The summed E-state index contributed by atoms with van der Waals surface area (Å²) in [5.41, 5.74) is 0.417.